The van der Waals surface area contributed by atoms with Gasteiger partial charge in [0.15, 0.2) is 5.82 Å². The van der Waals surface area contributed by atoms with Gasteiger partial charge in [0.05, 0.1) is 16.3 Å². The molecule has 1 aliphatic rings. The van der Waals surface area contributed by atoms with Gasteiger partial charge in [0.2, 0.25) is 5.82 Å². The summed E-state index contributed by atoms with van der Waals surface area (Å²) in [6, 6.07) is 9.80. The van der Waals surface area contributed by atoms with Crippen molar-refractivity contribution < 1.29 is 5.11 Å². The lowest BCUT2D eigenvalue weighted by atomic mass is 9.87. The maximum absolute atomic E-state index is 10.7. The van der Waals surface area contributed by atoms with E-state index in [9.17, 15) is 5.11 Å². The van der Waals surface area contributed by atoms with Crippen LogP contribution in [0.4, 0.5) is 15.7 Å². The fraction of sp³-hybridized carbons (Fsp3) is 0.500. The molecule has 198 valence electrons. The third-order valence-electron chi connectivity index (χ3n) is 6.56. The van der Waals surface area contributed by atoms with Crippen LogP contribution in [0.25, 0.3) is 11.4 Å². The summed E-state index contributed by atoms with van der Waals surface area (Å²) >= 11 is 1.69. The Kier molecular flexibility index (Phi) is 8.02. The van der Waals surface area contributed by atoms with Crippen LogP contribution < -0.4 is 9.80 Å². The highest BCUT2D eigenvalue weighted by Gasteiger charge is 2.35. The zero-order chi connectivity index (χ0) is 26.7. The number of aromatic nitrogens is 3. The van der Waals surface area contributed by atoms with Crippen LogP contribution in [0.2, 0.25) is 0 Å². The molecule has 0 radical (unpaired) electrons. The van der Waals surface area contributed by atoms with Gasteiger partial charge in [-0.15, -0.1) is 9.89 Å². The molecular formula is C28H39N7OS. The fourth-order valence-electron chi connectivity index (χ4n) is 4.41. The molecular weight excluding hydrogens is 482 g/mol. The van der Waals surface area contributed by atoms with Crippen molar-refractivity contribution >= 4 is 38.4 Å². The molecule has 0 saturated heterocycles. The Morgan fingerprint density at radius 3 is 2.38 bits per heavy atom. The van der Waals surface area contributed by atoms with Crippen molar-refractivity contribution in [2.24, 2.45) is 15.5 Å². The first-order valence-corrected chi connectivity index (χ1v) is 14.1. The maximum Gasteiger partial charge on any atom is 0.204 e. The molecule has 0 saturated carbocycles. The summed E-state index contributed by atoms with van der Waals surface area (Å²) in [6.07, 6.45) is 2.35. The topological polar surface area (TPSA) is 82.1 Å². The van der Waals surface area contributed by atoms with Crippen molar-refractivity contribution in [3.63, 3.8) is 0 Å². The van der Waals surface area contributed by atoms with Crippen molar-refractivity contribution in [1.29, 1.82) is 0 Å². The third kappa shape index (κ3) is 5.56. The van der Waals surface area contributed by atoms with Crippen molar-refractivity contribution in [2.75, 3.05) is 36.0 Å². The summed E-state index contributed by atoms with van der Waals surface area (Å²) in [4.78, 5) is 16.1. The summed E-state index contributed by atoms with van der Waals surface area (Å²) in [5.41, 5.74) is 2.96. The second-order valence-corrected chi connectivity index (χ2v) is 11.3. The van der Waals surface area contributed by atoms with Gasteiger partial charge in [-0.1, -0.05) is 45.5 Å². The number of aliphatic imine (C=N–C) groups is 1. The van der Waals surface area contributed by atoms with Crippen LogP contribution in [0.5, 0.6) is 5.75 Å². The van der Waals surface area contributed by atoms with E-state index in [1.165, 1.54) is 17.8 Å². The van der Waals surface area contributed by atoms with Gasteiger partial charge in [-0.3, -0.25) is 0 Å². The Hall–Kier alpha value is -3.20. The minimum absolute atomic E-state index is 0.147. The molecule has 1 aliphatic heterocycles. The number of nitrogens with zero attached hydrogens (tertiary/aromatic N) is 7. The lowest BCUT2D eigenvalue weighted by molar-refractivity contribution is 0.477. The van der Waals surface area contributed by atoms with Gasteiger partial charge >= 0.3 is 0 Å². The summed E-state index contributed by atoms with van der Waals surface area (Å²) in [6.45, 7) is 18.8. The van der Waals surface area contributed by atoms with E-state index in [1.807, 2.05) is 12.1 Å². The average Bonchev–Trinajstić information content (AvgIpc) is 3.57. The van der Waals surface area contributed by atoms with Crippen molar-refractivity contribution in [3.05, 3.63) is 36.2 Å². The number of unbranched alkanes of at least 4 members (excludes halogenated alkanes) is 1. The van der Waals surface area contributed by atoms with E-state index in [0.29, 0.717) is 17.2 Å². The number of fused-ring (bicyclic) bond motifs is 1. The minimum Gasteiger partial charge on any atom is -0.507 e. The Balaban J connectivity index is 1.74. The first-order chi connectivity index (χ1) is 17.7. The molecule has 0 aliphatic carbocycles. The number of phenols is 1. The van der Waals surface area contributed by atoms with E-state index in [-0.39, 0.29) is 11.2 Å². The summed E-state index contributed by atoms with van der Waals surface area (Å²) in [5.74, 6) is 1.18. The minimum atomic E-state index is -0.233. The summed E-state index contributed by atoms with van der Waals surface area (Å²) in [7, 11) is 0. The molecule has 1 aromatic carbocycles. The van der Waals surface area contributed by atoms with Gasteiger partial charge in [-0.05, 0) is 57.5 Å². The van der Waals surface area contributed by atoms with Crippen LogP contribution in [0, 0.1) is 5.41 Å². The van der Waals surface area contributed by atoms with Crippen molar-refractivity contribution in [2.45, 2.75) is 61.3 Å². The smallest absolute Gasteiger partial charge is 0.204 e. The number of phenolic OH excluding ortho intramolecular Hbond substituents is 1. The highest BCUT2D eigenvalue weighted by molar-refractivity contribution is 7.19. The van der Waals surface area contributed by atoms with Gasteiger partial charge in [-0.2, -0.15) is 5.10 Å². The molecule has 4 rings (SSSR count). The molecule has 0 amide bonds. The van der Waals surface area contributed by atoms with Crippen LogP contribution in [0.15, 0.2) is 40.4 Å². The average molecular weight is 522 g/mol. The number of thiophene rings is 1. The molecule has 0 bridgehead atoms. The predicted octanol–water partition coefficient (Wildman–Crippen LogP) is 6.57. The number of aromatic hydroxyl groups is 1. The van der Waals surface area contributed by atoms with Gasteiger partial charge in [0.25, 0.3) is 0 Å². The van der Waals surface area contributed by atoms with Crippen LogP contribution in [0.1, 0.15) is 67.1 Å². The number of benzene rings is 1. The lowest BCUT2D eigenvalue weighted by Crippen LogP contribution is -2.27. The van der Waals surface area contributed by atoms with E-state index in [2.05, 4.69) is 75.5 Å². The molecule has 3 heterocycles. The second-order valence-electron chi connectivity index (χ2n) is 10.2. The Morgan fingerprint density at radius 2 is 1.73 bits per heavy atom. The number of anilines is 2. The maximum atomic E-state index is 10.7. The van der Waals surface area contributed by atoms with Crippen LogP contribution in [0.3, 0.4) is 0 Å². The van der Waals surface area contributed by atoms with Crippen molar-refractivity contribution in [1.82, 2.24) is 14.9 Å². The molecule has 37 heavy (non-hydrogen) atoms. The third-order valence-corrected chi connectivity index (χ3v) is 7.60. The Labute approximate surface area is 224 Å². The summed E-state index contributed by atoms with van der Waals surface area (Å²) < 4.78 is 0. The zero-order valence-corrected chi connectivity index (χ0v) is 23.9. The van der Waals surface area contributed by atoms with E-state index in [0.717, 1.165) is 48.3 Å². The molecule has 0 unspecified atom stereocenters. The first kappa shape index (κ1) is 26.9. The van der Waals surface area contributed by atoms with Crippen LogP contribution >= 0.6 is 11.3 Å². The monoisotopic (exact) mass is 521 g/mol. The Morgan fingerprint density at radius 1 is 1.00 bits per heavy atom. The van der Waals surface area contributed by atoms with Crippen LogP contribution in [-0.4, -0.2) is 57.6 Å². The van der Waals surface area contributed by atoms with E-state index < -0.39 is 0 Å². The van der Waals surface area contributed by atoms with Gasteiger partial charge in [0, 0.05) is 37.3 Å². The van der Waals surface area contributed by atoms with E-state index >= 15 is 0 Å². The molecule has 0 atom stereocenters. The van der Waals surface area contributed by atoms with E-state index in [4.69, 9.17) is 15.1 Å². The SMILES string of the molecule is CCCCN(CC)c1ccc(N=C2C(C(C)(C)C)=Nn3nc(-c4cc(N(CC)CC)ccc4O)nc32)s1. The molecule has 8 nitrogen and oxygen atoms in total. The normalized spacial score (nSPS) is 14.2. The van der Waals surface area contributed by atoms with Gasteiger partial charge in [-0.25, -0.2) is 9.98 Å². The number of rotatable bonds is 10. The zero-order valence-electron chi connectivity index (χ0n) is 23.1. The predicted molar refractivity (Wildman–Crippen MR) is 156 cm³/mol. The van der Waals surface area contributed by atoms with Crippen LogP contribution in [-0.2, 0) is 0 Å². The molecule has 3 aromatic rings. The van der Waals surface area contributed by atoms with Crippen molar-refractivity contribution in [3.8, 4) is 17.1 Å². The second kappa shape index (κ2) is 11.0. The molecule has 0 spiro atoms. The van der Waals surface area contributed by atoms with Gasteiger partial charge < -0.3 is 14.9 Å². The number of hydrogen-bond acceptors (Lipinski definition) is 8. The highest BCUT2D eigenvalue weighted by Crippen LogP contribution is 2.36. The Bertz CT molecular complexity index is 1290. The molecule has 2 aromatic heterocycles. The molecule has 9 heteroatoms. The number of hydrogen-bond donors (Lipinski definition) is 1. The first-order valence-electron chi connectivity index (χ1n) is 13.3. The van der Waals surface area contributed by atoms with Gasteiger partial charge in [0.1, 0.15) is 16.5 Å². The molecule has 0 fully saturated rings. The largest absolute Gasteiger partial charge is 0.507 e. The summed E-state index contributed by atoms with van der Waals surface area (Å²) in [5, 5.41) is 22.3. The fourth-order valence-corrected chi connectivity index (χ4v) is 5.38. The lowest BCUT2D eigenvalue weighted by Gasteiger charge is -2.21. The standard InChI is InChI=1S/C28H39N7OS/c1-8-12-17-34(11-4)23-16-15-22(37-23)29-24-25(28(5,6)7)31-35-27(24)30-26(32-35)20-18-19(13-14-21(20)36)33(9-2)10-3/h13-16,18,36H,8-12,17H2,1-7H3. The van der Waals surface area contributed by atoms with E-state index in [1.54, 1.807) is 22.2 Å². The molecule has 1 N–H and O–H groups in total. The quantitative estimate of drug-likeness (QED) is 0.326. The highest BCUT2D eigenvalue weighted by atomic mass is 32.1.